The molecule has 23 heavy (non-hydrogen) atoms. The summed E-state index contributed by atoms with van der Waals surface area (Å²) in [6.07, 6.45) is -0.373. The third-order valence-corrected chi connectivity index (χ3v) is 5.61. The number of morpholine rings is 1. The fourth-order valence-corrected chi connectivity index (χ4v) is 4.12. The molecule has 1 aromatic carbocycles. The summed E-state index contributed by atoms with van der Waals surface area (Å²) in [5.74, 6) is 0.659. The Morgan fingerprint density at radius 1 is 1.17 bits per heavy atom. The van der Waals surface area contributed by atoms with Crippen molar-refractivity contribution in [3.8, 4) is 0 Å². The maximum Gasteiger partial charge on any atom is 0.243 e. The van der Waals surface area contributed by atoms with E-state index in [9.17, 15) is 8.42 Å². The smallest absolute Gasteiger partial charge is 0.243 e. The third kappa shape index (κ3) is 3.41. The molecule has 2 aromatic rings. The van der Waals surface area contributed by atoms with Gasteiger partial charge in [-0.3, -0.25) is 0 Å². The SMILES string of the molecule is Cc1cc([C@@H]2CN(S(=O)(=O)c3ccccc3)CCO2)nc(C)n1. The van der Waals surface area contributed by atoms with Crippen molar-refractivity contribution < 1.29 is 13.2 Å². The van der Waals surface area contributed by atoms with Crippen LogP contribution >= 0.6 is 0 Å². The lowest BCUT2D eigenvalue weighted by atomic mass is 10.2. The van der Waals surface area contributed by atoms with Gasteiger partial charge in [-0.25, -0.2) is 18.4 Å². The number of aromatic nitrogens is 2. The lowest BCUT2D eigenvalue weighted by Gasteiger charge is -2.32. The average molecular weight is 333 g/mol. The van der Waals surface area contributed by atoms with E-state index in [-0.39, 0.29) is 12.6 Å². The van der Waals surface area contributed by atoms with Crippen molar-refractivity contribution in [3.63, 3.8) is 0 Å². The Labute approximate surface area is 136 Å². The molecular weight excluding hydrogens is 314 g/mol. The molecule has 1 aliphatic heterocycles. The number of ether oxygens (including phenoxy) is 1. The van der Waals surface area contributed by atoms with Gasteiger partial charge >= 0.3 is 0 Å². The molecule has 0 unspecified atom stereocenters. The Kier molecular flexibility index (Phi) is 4.43. The Morgan fingerprint density at radius 2 is 1.91 bits per heavy atom. The van der Waals surface area contributed by atoms with Crippen LogP contribution in [-0.2, 0) is 14.8 Å². The highest BCUT2D eigenvalue weighted by molar-refractivity contribution is 7.89. The molecule has 0 N–H and O–H groups in total. The third-order valence-electron chi connectivity index (χ3n) is 3.73. The predicted molar refractivity (Wildman–Crippen MR) is 85.4 cm³/mol. The standard InChI is InChI=1S/C16H19N3O3S/c1-12-10-15(18-13(2)17-12)16-11-19(8-9-22-16)23(20,21)14-6-4-3-5-7-14/h3-7,10,16H,8-9,11H2,1-2H3/t16-/m0/s1. The van der Waals surface area contributed by atoms with Crippen LogP contribution < -0.4 is 0 Å². The zero-order chi connectivity index (χ0) is 16.4. The van der Waals surface area contributed by atoms with E-state index in [2.05, 4.69) is 9.97 Å². The minimum atomic E-state index is -3.51. The zero-order valence-electron chi connectivity index (χ0n) is 13.1. The Hall–Kier alpha value is -1.83. The van der Waals surface area contributed by atoms with Gasteiger partial charge in [-0.1, -0.05) is 18.2 Å². The number of sulfonamides is 1. The summed E-state index contributed by atoms with van der Waals surface area (Å²) in [5, 5.41) is 0. The van der Waals surface area contributed by atoms with Crippen molar-refractivity contribution in [2.45, 2.75) is 24.8 Å². The summed E-state index contributed by atoms with van der Waals surface area (Å²) in [6.45, 7) is 4.65. The maximum absolute atomic E-state index is 12.7. The largest absolute Gasteiger partial charge is 0.369 e. The summed E-state index contributed by atoms with van der Waals surface area (Å²) >= 11 is 0. The van der Waals surface area contributed by atoms with Gasteiger partial charge in [0.15, 0.2) is 0 Å². The molecule has 7 heteroatoms. The van der Waals surface area contributed by atoms with E-state index >= 15 is 0 Å². The zero-order valence-corrected chi connectivity index (χ0v) is 14.0. The predicted octanol–water partition coefficient (Wildman–Crippen LogP) is 1.86. The monoisotopic (exact) mass is 333 g/mol. The number of hydrogen-bond acceptors (Lipinski definition) is 5. The molecule has 0 bridgehead atoms. The first-order chi connectivity index (χ1) is 11.0. The van der Waals surface area contributed by atoms with Crippen LogP contribution in [0.1, 0.15) is 23.3 Å². The summed E-state index contributed by atoms with van der Waals surface area (Å²) in [6, 6.07) is 10.3. The first-order valence-corrected chi connectivity index (χ1v) is 8.90. The van der Waals surface area contributed by atoms with E-state index in [1.54, 1.807) is 30.3 Å². The molecule has 0 radical (unpaired) electrons. The number of benzene rings is 1. The molecule has 6 nitrogen and oxygen atoms in total. The van der Waals surface area contributed by atoms with E-state index in [0.717, 1.165) is 11.4 Å². The molecule has 1 atom stereocenters. The Morgan fingerprint density at radius 3 is 2.61 bits per heavy atom. The molecule has 3 rings (SSSR count). The fraction of sp³-hybridized carbons (Fsp3) is 0.375. The Bertz CT molecular complexity index is 773. The van der Waals surface area contributed by atoms with Gasteiger partial charge in [-0.2, -0.15) is 4.31 Å². The van der Waals surface area contributed by atoms with Crippen LogP contribution in [0.4, 0.5) is 0 Å². The molecule has 1 fully saturated rings. The van der Waals surface area contributed by atoms with Gasteiger partial charge in [0.2, 0.25) is 10.0 Å². The van der Waals surface area contributed by atoms with Gasteiger partial charge < -0.3 is 4.74 Å². The van der Waals surface area contributed by atoms with Crippen LogP contribution in [0.3, 0.4) is 0 Å². The van der Waals surface area contributed by atoms with Gasteiger partial charge in [0.25, 0.3) is 0 Å². The van der Waals surface area contributed by atoms with Crippen LogP contribution in [-0.4, -0.2) is 42.4 Å². The highest BCUT2D eigenvalue weighted by Crippen LogP contribution is 2.25. The minimum absolute atomic E-state index is 0.257. The summed E-state index contributed by atoms with van der Waals surface area (Å²) in [4.78, 5) is 8.94. The molecule has 1 aliphatic rings. The molecule has 0 amide bonds. The van der Waals surface area contributed by atoms with Crippen LogP contribution in [0, 0.1) is 13.8 Å². The second-order valence-electron chi connectivity index (χ2n) is 5.52. The molecular formula is C16H19N3O3S. The van der Waals surface area contributed by atoms with E-state index < -0.39 is 10.0 Å². The van der Waals surface area contributed by atoms with Gasteiger partial charge in [0, 0.05) is 18.8 Å². The summed E-state index contributed by atoms with van der Waals surface area (Å²) in [7, 11) is -3.51. The molecule has 0 saturated carbocycles. The quantitative estimate of drug-likeness (QED) is 0.857. The van der Waals surface area contributed by atoms with Gasteiger partial charge in [-0.05, 0) is 32.0 Å². The minimum Gasteiger partial charge on any atom is -0.369 e. The fourth-order valence-electron chi connectivity index (χ4n) is 2.68. The summed E-state index contributed by atoms with van der Waals surface area (Å²) in [5.41, 5.74) is 1.57. The van der Waals surface area contributed by atoms with Crippen LogP contribution in [0.5, 0.6) is 0 Å². The van der Waals surface area contributed by atoms with Gasteiger partial charge in [-0.15, -0.1) is 0 Å². The van der Waals surface area contributed by atoms with E-state index in [1.807, 2.05) is 19.9 Å². The average Bonchev–Trinajstić information content (AvgIpc) is 2.55. The molecule has 0 aliphatic carbocycles. The second kappa shape index (κ2) is 6.35. The highest BCUT2D eigenvalue weighted by atomic mass is 32.2. The normalized spacial score (nSPS) is 19.7. The van der Waals surface area contributed by atoms with Gasteiger partial charge in [0.1, 0.15) is 11.9 Å². The second-order valence-corrected chi connectivity index (χ2v) is 7.45. The highest BCUT2D eigenvalue weighted by Gasteiger charge is 2.32. The molecule has 2 heterocycles. The number of hydrogen-bond donors (Lipinski definition) is 0. The van der Waals surface area contributed by atoms with Crippen LogP contribution in [0.25, 0.3) is 0 Å². The molecule has 1 aromatic heterocycles. The maximum atomic E-state index is 12.7. The first-order valence-electron chi connectivity index (χ1n) is 7.46. The lowest BCUT2D eigenvalue weighted by Crippen LogP contribution is -2.42. The van der Waals surface area contributed by atoms with Crippen molar-refractivity contribution in [1.29, 1.82) is 0 Å². The Balaban J connectivity index is 1.86. The lowest BCUT2D eigenvalue weighted by molar-refractivity contribution is -0.00513. The number of rotatable bonds is 3. The van der Waals surface area contributed by atoms with Crippen molar-refractivity contribution in [1.82, 2.24) is 14.3 Å². The van der Waals surface area contributed by atoms with Gasteiger partial charge in [0.05, 0.1) is 17.2 Å². The topological polar surface area (TPSA) is 72.4 Å². The van der Waals surface area contributed by atoms with E-state index in [1.165, 1.54) is 4.31 Å². The van der Waals surface area contributed by atoms with Crippen molar-refractivity contribution in [3.05, 3.63) is 53.6 Å². The van der Waals surface area contributed by atoms with E-state index in [0.29, 0.717) is 23.9 Å². The molecule has 122 valence electrons. The molecule has 0 spiro atoms. The van der Waals surface area contributed by atoms with Crippen molar-refractivity contribution >= 4 is 10.0 Å². The molecule has 1 saturated heterocycles. The van der Waals surface area contributed by atoms with Crippen molar-refractivity contribution in [2.75, 3.05) is 19.7 Å². The summed E-state index contributed by atoms with van der Waals surface area (Å²) < 4.78 is 32.7. The van der Waals surface area contributed by atoms with E-state index in [4.69, 9.17) is 4.74 Å². The number of nitrogens with zero attached hydrogens (tertiary/aromatic N) is 3. The van der Waals surface area contributed by atoms with Crippen LogP contribution in [0.2, 0.25) is 0 Å². The first kappa shape index (κ1) is 16.0. The van der Waals surface area contributed by atoms with Crippen LogP contribution in [0.15, 0.2) is 41.3 Å². The van der Waals surface area contributed by atoms with Crippen molar-refractivity contribution in [2.24, 2.45) is 0 Å². The number of aryl methyl sites for hydroxylation is 2.